The third-order valence-electron chi connectivity index (χ3n) is 13.4. The topological polar surface area (TPSA) is 275 Å². The van der Waals surface area contributed by atoms with E-state index in [4.69, 9.17) is 27.3 Å². The van der Waals surface area contributed by atoms with Crippen molar-refractivity contribution in [3.8, 4) is 0 Å². The lowest BCUT2D eigenvalue weighted by Gasteiger charge is -2.29. The number of hydrogen-bond acceptors (Lipinski definition) is 15. The first-order chi connectivity index (χ1) is 38.7. The van der Waals surface area contributed by atoms with Crippen LogP contribution in [-0.2, 0) is 72.3 Å². The maximum absolute atomic E-state index is 13.6. The molecule has 458 valence electrons. The van der Waals surface area contributed by atoms with Crippen LogP contribution in [0.25, 0.3) is 34.1 Å². The number of nitrogens with zero attached hydrogens (tertiary/aromatic N) is 6. The van der Waals surface area contributed by atoms with Gasteiger partial charge in [-0.15, -0.1) is 0 Å². The molecule has 0 saturated carbocycles. The number of rotatable bonds is 22. The van der Waals surface area contributed by atoms with Gasteiger partial charge in [-0.3, -0.25) is 51.6 Å². The minimum absolute atomic E-state index is 0. The summed E-state index contributed by atoms with van der Waals surface area (Å²) >= 11 is 0. The van der Waals surface area contributed by atoms with Crippen molar-refractivity contribution in [3.63, 3.8) is 0 Å². The number of benzene rings is 2. The van der Waals surface area contributed by atoms with Gasteiger partial charge in [0.1, 0.15) is 47.8 Å². The van der Waals surface area contributed by atoms with Crippen LogP contribution < -0.4 is 20.4 Å². The van der Waals surface area contributed by atoms with Gasteiger partial charge in [-0.2, -0.15) is 0 Å². The number of carbonyl (C=O) groups is 4. The molecule has 0 spiro atoms. The predicted octanol–water partition coefficient (Wildman–Crippen LogP) is 10.5. The van der Waals surface area contributed by atoms with Crippen LogP contribution in [0, 0.1) is 13.8 Å². The molecule has 0 bridgehead atoms. The van der Waals surface area contributed by atoms with E-state index in [1.54, 1.807) is 55.4 Å². The zero-order valence-electron chi connectivity index (χ0n) is 48.8. The van der Waals surface area contributed by atoms with Gasteiger partial charge in [-0.05, 0) is 97.4 Å². The molecular formula is C59H85N7O14P2Si2. The summed E-state index contributed by atoms with van der Waals surface area (Å²) < 4.78 is 58.0. The van der Waals surface area contributed by atoms with E-state index >= 15 is 0 Å². The van der Waals surface area contributed by atoms with Gasteiger partial charge in [0, 0.05) is 89.5 Å². The van der Waals surface area contributed by atoms with Gasteiger partial charge < -0.3 is 34.2 Å². The number of hydrogen-bond donors (Lipinski definition) is 2. The third kappa shape index (κ3) is 19.9. The van der Waals surface area contributed by atoms with Gasteiger partial charge in [-0.1, -0.05) is 90.5 Å². The molecule has 0 fully saturated rings. The number of quaternary nitrogens is 1. The summed E-state index contributed by atoms with van der Waals surface area (Å²) in [6.07, 6.45) is 10.6. The Hall–Kier alpha value is -6.21. The second-order valence-corrected chi connectivity index (χ2v) is 36.3. The zero-order chi connectivity index (χ0) is 60.2. The number of phosphoric acid groups is 2. The van der Waals surface area contributed by atoms with Gasteiger partial charge in [0.05, 0.1) is 33.4 Å². The minimum atomic E-state index is -4.98. The van der Waals surface area contributed by atoms with E-state index in [2.05, 4.69) is 59.5 Å². The van der Waals surface area contributed by atoms with E-state index in [9.17, 15) is 33.2 Å². The highest BCUT2D eigenvalue weighted by Crippen LogP contribution is 2.51. The Morgan fingerprint density at radius 3 is 1.42 bits per heavy atom. The molecule has 0 radical (unpaired) electrons. The number of pyridine rings is 2. The number of aromatic nitrogens is 2. The standard InChI is InChI=1S/C33H48N3O7PSi2.C23H24N3O7P.CH5N.2CH4/c1-25-28-11-9-10-12-29(28)43-30(25)23-35(2)31(37)15-13-26-21-27-14-16-32(38)36(33(27)34-22-26)24-42-44(39,40-17-19-45(3,4)5)41-18-20-46(6,7)8;1-15-18-5-3-4-6-19(18)33-20(15)13-25(2)21(27)9-7-16-11-17-8-10-22(28)26(23(17)24-12-16)14-32-34(29,30)31;1-2;;/h9-13,15,21-22H,14,16-20,23-24H2,1-8H3;3-7,9,11-12H,8,10,13-14H2,1-2H3,(H2,29,30,31);2H2,1H3;2*1H4/b15-13+;9-7+;;;. The van der Waals surface area contributed by atoms with E-state index in [1.807, 2.05) is 68.4 Å². The van der Waals surface area contributed by atoms with Crippen molar-refractivity contribution in [1.82, 2.24) is 19.8 Å². The first kappa shape index (κ1) is 70.3. The fourth-order valence-electron chi connectivity index (χ4n) is 8.56. The van der Waals surface area contributed by atoms with Crippen LogP contribution in [-0.4, -0.2) is 112 Å². The van der Waals surface area contributed by atoms with Crippen LogP contribution in [0.4, 0.5) is 11.6 Å². The molecule has 4 N–H and O–H groups in total. The number of para-hydroxylation sites is 2. The Kier molecular flexibility index (Phi) is 25.7. The van der Waals surface area contributed by atoms with Crippen molar-refractivity contribution in [2.45, 2.75) is 119 Å². The first-order valence-electron chi connectivity index (χ1n) is 27.0. The molecule has 25 heteroatoms. The normalized spacial score (nSPS) is 14.2. The van der Waals surface area contributed by atoms with E-state index in [0.29, 0.717) is 42.9 Å². The summed E-state index contributed by atoms with van der Waals surface area (Å²) in [4.78, 5) is 84.7. The van der Waals surface area contributed by atoms with Gasteiger partial charge >= 0.3 is 7.82 Å². The lowest BCUT2D eigenvalue weighted by Crippen LogP contribution is -2.40. The Morgan fingerprint density at radius 2 is 1.05 bits per heavy atom. The van der Waals surface area contributed by atoms with E-state index in [1.165, 1.54) is 23.2 Å². The third-order valence-corrected chi connectivity index (χ3v) is 18.7. The second kappa shape index (κ2) is 30.7. The molecular weight excluding hydrogens is 1150 g/mol. The highest BCUT2D eigenvalue weighted by Gasteiger charge is 2.34. The maximum atomic E-state index is 13.6. The van der Waals surface area contributed by atoms with Crippen LogP contribution in [0.1, 0.15) is 72.6 Å². The minimum Gasteiger partial charge on any atom is -0.756 e. The smallest absolute Gasteiger partial charge is 0.476 e. The van der Waals surface area contributed by atoms with Crippen molar-refractivity contribution in [2.24, 2.45) is 0 Å². The summed E-state index contributed by atoms with van der Waals surface area (Å²) in [6, 6.07) is 20.8. The fourth-order valence-corrected chi connectivity index (χ4v) is 11.7. The average molecular weight is 1230 g/mol. The Bertz CT molecular complexity index is 3380. The quantitative estimate of drug-likeness (QED) is 0.0363. The summed E-state index contributed by atoms with van der Waals surface area (Å²) in [6.45, 7) is 17.5. The molecule has 2 aliphatic heterocycles. The summed E-state index contributed by atoms with van der Waals surface area (Å²) in [7, 11) is -6.61. The molecule has 4 amide bonds. The molecule has 2 aliphatic rings. The predicted molar refractivity (Wildman–Crippen MR) is 333 cm³/mol. The molecule has 1 atom stereocenters. The molecule has 0 saturated heterocycles. The van der Waals surface area contributed by atoms with Crippen molar-refractivity contribution in [1.29, 1.82) is 0 Å². The fraction of sp³-hybridized carbons (Fsp3) is 0.424. The van der Waals surface area contributed by atoms with Gasteiger partial charge in [0.2, 0.25) is 23.6 Å². The SMILES string of the molecule is C.C.C[NH3+].Cc1c(CN(C)C(=O)/C=C/c2cnc3c(c2)CCC(=O)N3COP(=O)(OCC[Si](C)(C)C)OCC[Si](C)(C)C)oc2ccccc12.Cc1c(CN(C)C(=O)/C=C/c2cnc3c(c2)CCC(=O)N3COP(=O)([O-])O)oc2ccccc12. The molecule has 0 aliphatic carbocycles. The lowest BCUT2D eigenvalue weighted by molar-refractivity contribution is -0.325. The number of fused-ring (bicyclic) bond motifs is 4. The summed E-state index contributed by atoms with van der Waals surface area (Å²) in [5.74, 6) is 1.21. The number of anilines is 2. The monoisotopic (exact) mass is 1230 g/mol. The van der Waals surface area contributed by atoms with Crippen LogP contribution in [0.5, 0.6) is 0 Å². The van der Waals surface area contributed by atoms with Crippen LogP contribution in [0.3, 0.4) is 0 Å². The highest BCUT2D eigenvalue weighted by molar-refractivity contribution is 7.48. The molecule has 8 rings (SSSR count). The number of aryl methyl sites for hydroxylation is 4. The highest BCUT2D eigenvalue weighted by atomic mass is 31.2. The first-order valence-corrected chi connectivity index (χ1v) is 37.3. The Morgan fingerprint density at radius 1 is 0.667 bits per heavy atom. The largest absolute Gasteiger partial charge is 0.756 e. The Balaban J connectivity index is 0.000000355. The second-order valence-electron chi connectivity index (χ2n) is 22.2. The number of likely N-dealkylation sites (N-methyl/N-ethyl adjacent to an activating group) is 2. The van der Waals surface area contributed by atoms with Gasteiger partial charge in [-0.25, -0.2) is 14.5 Å². The lowest BCUT2D eigenvalue weighted by atomic mass is 10.0. The van der Waals surface area contributed by atoms with Crippen molar-refractivity contribution in [3.05, 3.63) is 130 Å². The number of amides is 4. The van der Waals surface area contributed by atoms with Crippen LogP contribution >= 0.6 is 15.6 Å². The van der Waals surface area contributed by atoms with Gasteiger partial charge in [0.25, 0.3) is 7.82 Å². The van der Waals surface area contributed by atoms with E-state index in [-0.39, 0.29) is 77.1 Å². The zero-order valence-corrected chi connectivity index (χ0v) is 52.6. The Labute approximate surface area is 496 Å². The summed E-state index contributed by atoms with van der Waals surface area (Å²) in [5, 5.41) is 2.06. The molecule has 4 aromatic heterocycles. The summed E-state index contributed by atoms with van der Waals surface area (Å²) in [5.41, 5.74) is 9.75. The van der Waals surface area contributed by atoms with Crippen LogP contribution in [0.2, 0.25) is 51.4 Å². The molecule has 6 aromatic rings. The number of carbonyl (C=O) groups excluding carboxylic acids is 4. The average Bonchev–Trinajstić information content (AvgIpc) is 2.30. The van der Waals surface area contributed by atoms with Gasteiger partial charge in [0.15, 0.2) is 0 Å². The number of phosphoric ester groups is 2. The number of furan rings is 2. The molecule has 6 heterocycles. The molecule has 21 nitrogen and oxygen atoms in total. The molecule has 84 heavy (non-hydrogen) atoms. The van der Waals surface area contributed by atoms with Crippen LogP contribution in [0.15, 0.2) is 94.0 Å². The van der Waals surface area contributed by atoms with E-state index < -0.39 is 38.5 Å². The molecule has 2 aromatic carbocycles. The molecule has 1 unspecified atom stereocenters. The van der Waals surface area contributed by atoms with E-state index in [0.717, 1.165) is 72.7 Å². The van der Waals surface area contributed by atoms with Crippen molar-refractivity contribution < 1.29 is 70.8 Å². The maximum Gasteiger partial charge on any atom is 0.476 e. The van der Waals surface area contributed by atoms with Crippen molar-refractivity contribution >= 4 is 101 Å². The van der Waals surface area contributed by atoms with Crippen molar-refractivity contribution in [2.75, 3.05) is 57.6 Å².